The van der Waals surface area contributed by atoms with Crippen LogP contribution in [-0.2, 0) is 19.5 Å². The Morgan fingerprint density at radius 3 is 2.81 bits per heavy atom. The fraction of sp³-hybridized carbons (Fsp3) is 0.318. The number of hydrogen-bond acceptors (Lipinski definition) is 4. The molecule has 3 heterocycles. The Labute approximate surface area is 159 Å². The third kappa shape index (κ3) is 3.37. The molecule has 0 bridgehead atoms. The molecule has 1 N–H and O–H groups in total. The number of furan rings is 2. The van der Waals surface area contributed by atoms with Gasteiger partial charge in [-0.25, -0.2) is 0 Å². The highest BCUT2D eigenvalue weighted by Crippen LogP contribution is 2.33. The molecular formula is C22H24N2O3. The van der Waals surface area contributed by atoms with Crippen molar-refractivity contribution in [1.82, 2.24) is 5.32 Å². The summed E-state index contributed by atoms with van der Waals surface area (Å²) >= 11 is 0. The van der Waals surface area contributed by atoms with Gasteiger partial charge in [-0.1, -0.05) is 18.2 Å². The first kappa shape index (κ1) is 17.5. The number of para-hydroxylation sites is 1. The van der Waals surface area contributed by atoms with E-state index in [4.69, 9.17) is 8.83 Å². The largest absolute Gasteiger partial charge is 0.466 e. The van der Waals surface area contributed by atoms with Crippen LogP contribution in [0.4, 0.5) is 5.69 Å². The molecule has 4 rings (SSSR count). The first-order chi connectivity index (χ1) is 13.0. The van der Waals surface area contributed by atoms with Crippen molar-refractivity contribution in [3.05, 3.63) is 76.6 Å². The molecule has 5 nitrogen and oxygen atoms in total. The first-order valence-corrected chi connectivity index (χ1v) is 9.28. The number of carbonyl (C=O) groups excluding carboxylic acids is 1. The van der Waals surface area contributed by atoms with Crippen LogP contribution in [0.1, 0.15) is 45.7 Å². The summed E-state index contributed by atoms with van der Waals surface area (Å²) in [6.45, 7) is 7.09. The predicted molar refractivity (Wildman–Crippen MR) is 104 cm³/mol. The van der Waals surface area contributed by atoms with E-state index in [-0.39, 0.29) is 5.91 Å². The minimum absolute atomic E-state index is 0.201. The van der Waals surface area contributed by atoms with Crippen LogP contribution in [0.15, 0.2) is 51.5 Å². The van der Waals surface area contributed by atoms with E-state index in [0.717, 1.165) is 29.1 Å². The van der Waals surface area contributed by atoms with Crippen molar-refractivity contribution in [3.8, 4) is 0 Å². The van der Waals surface area contributed by atoms with Crippen LogP contribution in [0.5, 0.6) is 0 Å². The van der Waals surface area contributed by atoms with Gasteiger partial charge in [0.25, 0.3) is 5.91 Å². The van der Waals surface area contributed by atoms with Crippen molar-refractivity contribution >= 4 is 11.6 Å². The minimum Gasteiger partial charge on any atom is -0.466 e. The van der Waals surface area contributed by atoms with Gasteiger partial charge in [0.05, 0.1) is 6.26 Å². The van der Waals surface area contributed by atoms with Crippen molar-refractivity contribution in [2.24, 2.45) is 0 Å². The average molecular weight is 364 g/mol. The number of benzene rings is 1. The summed E-state index contributed by atoms with van der Waals surface area (Å²) in [5, 5.41) is 2.94. The maximum atomic E-state index is 12.7. The number of nitrogens with one attached hydrogen (secondary N) is 1. The lowest BCUT2D eigenvalue weighted by Crippen LogP contribution is -2.30. The zero-order valence-electron chi connectivity index (χ0n) is 15.9. The Balaban J connectivity index is 1.48. The molecule has 1 aliphatic rings. The lowest BCUT2D eigenvalue weighted by Gasteiger charge is -2.24. The van der Waals surface area contributed by atoms with Gasteiger partial charge in [-0.15, -0.1) is 0 Å². The number of amides is 1. The van der Waals surface area contributed by atoms with E-state index >= 15 is 0 Å². The van der Waals surface area contributed by atoms with Crippen molar-refractivity contribution in [2.75, 3.05) is 4.90 Å². The van der Waals surface area contributed by atoms with E-state index in [0.29, 0.717) is 24.9 Å². The molecule has 0 spiro atoms. The van der Waals surface area contributed by atoms with Gasteiger partial charge >= 0.3 is 0 Å². The van der Waals surface area contributed by atoms with Crippen LogP contribution >= 0.6 is 0 Å². The van der Waals surface area contributed by atoms with Gasteiger partial charge < -0.3 is 19.1 Å². The molecule has 1 aliphatic heterocycles. The summed E-state index contributed by atoms with van der Waals surface area (Å²) in [7, 11) is 0. The van der Waals surface area contributed by atoms with Crippen molar-refractivity contribution in [3.63, 3.8) is 0 Å². The smallest absolute Gasteiger partial charge is 0.287 e. The van der Waals surface area contributed by atoms with E-state index in [2.05, 4.69) is 41.4 Å². The Kier molecular flexibility index (Phi) is 4.52. The van der Waals surface area contributed by atoms with Gasteiger partial charge in [-0.3, -0.25) is 4.79 Å². The molecule has 1 atom stereocenters. The highest BCUT2D eigenvalue weighted by molar-refractivity contribution is 5.93. The Bertz CT molecular complexity index is 970. The number of hydrogen-bond donors (Lipinski definition) is 1. The second-order valence-corrected chi connectivity index (χ2v) is 7.21. The molecule has 3 aromatic rings. The summed E-state index contributed by atoms with van der Waals surface area (Å²) < 4.78 is 11.0. The predicted octanol–water partition coefficient (Wildman–Crippen LogP) is 4.37. The highest BCUT2D eigenvalue weighted by atomic mass is 16.3. The molecule has 0 saturated carbocycles. The summed E-state index contributed by atoms with van der Waals surface area (Å²) in [6, 6.07) is 12.7. The molecule has 1 aromatic carbocycles. The van der Waals surface area contributed by atoms with Gasteiger partial charge in [-0.05, 0) is 51.0 Å². The molecule has 1 amide bonds. The molecule has 0 radical (unpaired) electrons. The van der Waals surface area contributed by atoms with Crippen LogP contribution in [0.2, 0.25) is 0 Å². The number of nitrogens with zero attached hydrogens (tertiary/aromatic N) is 1. The summed E-state index contributed by atoms with van der Waals surface area (Å²) in [5.41, 5.74) is 4.47. The van der Waals surface area contributed by atoms with Crippen LogP contribution in [0, 0.1) is 13.8 Å². The normalized spacial score (nSPS) is 15.8. The van der Waals surface area contributed by atoms with Crippen molar-refractivity contribution in [2.45, 2.75) is 46.3 Å². The summed E-state index contributed by atoms with van der Waals surface area (Å²) in [6.07, 6.45) is 2.61. The third-order valence-electron chi connectivity index (χ3n) is 5.23. The first-order valence-electron chi connectivity index (χ1n) is 9.28. The monoisotopic (exact) mass is 364 g/mol. The number of carbonyl (C=O) groups is 1. The topological polar surface area (TPSA) is 58.6 Å². The molecular weight excluding hydrogens is 340 g/mol. The van der Waals surface area contributed by atoms with Crippen LogP contribution in [-0.4, -0.2) is 11.9 Å². The van der Waals surface area contributed by atoms with Gasteiger partial charge in [0.15, 0.2) is 5.76 Å². The van der Waals surface area contributed by atoms with Gasteiger partial charge in [0, 0.05) is 35.9 Å². The molecule has 27 heavy (non-hydrogen) atoms. The molecule has 0 aliphatic carbocycles. The number of anilines is 1. The lowest BCUT2D eigenvalue weighted by atomic mass is 10.1. The zero-order chi connectivity index (χ0) is 19.0. The quantitative estimate of drug-likeness (QED) is 0.730. The third-order valence-corrected chi connectivity index (χ3v) is 5.23. The zero-order valence-corrected chi connectivity index (χ0v) is 15.9. The molecule has 0 fully saturated rings. The maximum Gasteiger partial charge on any atom is 0.287 e. The van der Waals surface area contributed by atoms with Crippen LogP contribution in [0.3, 0.4) is 0 Å². The Morgan fingerprint density at radius 1 is 1.22 bits per heavy atom. The van der Waals surface area contributed by atoms with E-state index in [1.54, 1.807) is 6.26 Å². The van der Waals surface area contributed by atoms with Gasteiger partial charge in [-0.2, -0.15) is 0 Å². The summed E-state index contributed by atoms with van der Waals surface area (Å²) in [5.74, 6) is 1.85. The standard InChI is InChI=1S/C22H24N2O3/c1-14-10-17-6-4-5-7-20(17)24(14)13-18-8-9-26-21(18)22(25)23-12-19-11-15(2)27-16(19)3/h4-9,11,14H,10,12-13H2,1-3H3,(H,23,25). The van der Waals surface area contributed by atoms with Gasteiger partial charge in [0.1, 0.15) is 11.5 Å². The Hall–Kier alpha value is -2.95. The van der Waals surface area contributed by atoms with Crippen molar-refractivity contribution < 1.29 is 13.6 Å². The molecule has 5 heteroatoms. The number of fused-ring (bicyclic) bond motifs is 1. The van der Waals surface area contributed by atoms with Crippen LogP contribution < -0.4 is 10.2 Å². The second kappa shape index (κ2) is 6.99. The van der Waals surface area contributed by atoms with E-state index in [1.165, 1.54) is 11.3 Å². The molecule has 0 saturated heterocycles. The lowest BCUT2D eigenvalue weighted by molar-refractivity contribution is 0.0921. The maximum absolute atomic E-state index is 12.7. The molecule has 2 aromatic heterocycles. The fourth-order valence-electron chi connectivity index (χ4n) is 3.83. The Morgan fingerprint density at radius 2 is 2.04 bits per heavy atom. The molecule has 1 unspecified atom stereocenters. The SMILES string of the molecule is Cc1cc(CNC(=O)c2occc2CN2c3ccccc3CC2C)c(C)o1. The fourth-order valence-corrected chi connectivity index (χ4v) is 3.83. The van der Waals surface area contributed by atoms with E-state index in [1.807, 2.05) is 26.0 Å². The van der Waals surface area contributed by atoms with Crippen molar-refractivity contribution in [1.29, 1.82) is 0 Å². The van der Waals surface area contributed by atoms with Crippen LogP contribution in [0.25, 0.3) is 0 Å². The molecule has 140 valence electrons. The number of rotatable bonds is 5. The average Bonchev–Trinajstić information content (AvgIpc) is 3.32. The van der Waals surface area contributed by atoms with E-state index < -0.39 is 0 Å². The highest BCUT2D eigenvalue weighted by Gasteiger charge is 2.27. The number of aryl methyl sites for hydroxylation is 2. The second-order valence-electron chi connectivity index (χ2n) is 7.21. The van der Waals surface area contributed by atoms with E-state index in [9.17, 15) is 4.79 Å². The minimum atomic E-state index is -0.201. The van der Waals surface area contributed by atoms with Gasteiger partial charge in [0.2, 0.25) is 0 Å². The summed E-state index contributed by atoms with van der Waals surface area (Å²) in [4.78, 5) is 15.0.